The van der Waals surface area contributed by atoms with Crippen molar-refractivity contribution in [2.24, 2.45) is 0 Å². The van der Waals surface area contributed by atoms with Gasteiger partial charge in [0.05, 0.1) is 25.5 Å². The number of aromatic nitrogens is 5. The number of nitrogens with zero attached hydrogens (tertiary/aromatic N) is 7. The molecule has 4 N–H and O–H groups in total. The molecule has 11 heteroatoms. The van der Waals surface area contributed by atoms with E-state index in [1.165, 1.54) is 6.42 Å². The molecule has 0 saturated carbocycles. The zero-order chi connectivity index (χ0) is 25.2. The Kier molecular flexibility index (Phi) is 7.22. The highest BCUT2D eigenvalue weighted by Crippen LogP contribution is 2.31. The monoisotopic (exact) mass is 495 g/mol. The number of aliphatic hydroxyl groups is 1. The second-order valence-electron chi connectivity index (χ2n) is 10.0. The van der Waals surface area contributed by atoms with E-state index in [-0.39, 0.29) is 18.6 Å². The largest absolute Gasteiger partial charge is 0.496 e. The minimum Gasteiger partial charge on any atom is -0.496 e. The number of likely N-dealkylation sites (tertiary alicyclic amines) is 2. The molecule has 3 aromatic rings. The zero-order valence-electron chi connectivity index (χ0n) is 21.4. The Labute approximate surface area is 211 Å². The molecule has 0 amide bonds. The summed E-state index contributed by atoms with van der Waals surface area (Å²) in [5, 5.41) is 17.5. The number of ether oxygens (including phenoxy) is 1. The predicted molar refractivity (Wildman–Crippen MR) is 139 cm³/mol. The first kappa shape index (κ1) is 24.7. The number of anilines is 2. The molecule has 0 spiro atoms. The third-order valence-corrected chi connectivity index (χ3v) is 7.49. The molecule has 0 aliphatic carbocycles. The van der Waals surface area contributed by atoms with Gasteiger partial charge >= 0.3 is 0 Å². The van der Waals surface area contributed by atoms with E-state index in [0.29, 0.717) is 36.4 Å². The molecule has 2 aliphatic rings. The molecule has 5 rings (SSSR count). The smallest absolute Gasteiger partial charge is 0.222 e. The van der Waals surface area contributed by atoms with Crippen LogP contribution in [0.5, 0.6) is 5.75 Å². The number of nitrogens with one attached hydrogen (secondary N) is 1. The van der Waals surface area contributed by atoms with Crippen molar-refractivity contribution in [2.45, 2.75) is 63.8 Å². The molecule has 3 atom stereocenters. The van der Waals surface area contributed by atoms with Gasteiger partial charge in [-0.15, -0.1) is 0 Å². The molecule has 2 aliphatic heterocycles. The molecule has 0 aromatic carbocycles. The van der Waals surface area contributed by atoms with Crippen molar-refractivity contribution >= 4 is 22.8 Å². The van der Waals surface area contributed by atoms with E-state index in [9.17, 15) is 5.11 Å². The molecule has 2 fully saturated rings. The van der Waals surface area contributed by atoms with Gasteiger partial charge in [0.1, 0.15) is 16.8 Å². The van der Waals surface area contributed by atoms with Crippen LogP contribution in [0, 0.1) is 0 Å². The van der Waals surface area contributed by atoms with E-state index < -0.39 is 0 Å². The normalized spacial score (nSPS) is 20.9. The zero-order valence-corrected chi connectivity index (χ0v) is 21.4. The first-order valence-corrected chi connectivity index (χ1v) is 12.8. The fourth-order valence-electron chi connectivity index (χ4n) is 5.64. The van der Waals surface area contributed by atoms with Crippen molar-refractivity contribution < 1.29 is 9.84 Å². The SMILES string of the molecule is CCCC(CCO)Nc1nc(N)nc2cnn(Cc3cnc(CN4C[C@H]5C[C@@H]4CN5C)cc3OC)c12. The van der Waals surface area contributed by atoms with Crippen LogP contribution >= 0.6 is 0 Å². The lowest BCUT2D eigenvalue weighted by Crippen LogP contribution is -2.44. The van der Waals surface area contributed by atoms with Crippen LogP contribution in [0.1, 0.15) is 43.9 Å². The number of hydrogen-bond acceptors (Lipinski definition) is 10. The van der Waals surface area contributed by atoms with Gasteiger partial charge in [0.2, 0.25) is 5.95 Å². The van der Waals surface area contributed by atoms with Gasteiger partial charge in [0.15, 0.2) is 5.82 Å². The Morgan fingerprint density at radius 3 is 2.75 bits per heavy atom. The Morgan fingerprint density at radius 2 is 2.06 bits per heavy atom. The van der Waals surface area contributed by atoms with E-state index in [1.54, 1.807) is 13.3 Å². The fourth-order valence-corrected chi connectivity index (χ4v) is 5.64. The van der Waals surface area contributed by atoms with Crippen molar-refractivity contribution in [3.8, 4) is 5.75 Å². The first-order chi connectivity index (χ1) is 17.5. The third kappa shape index (κ3) is 4.95. The summed E-state index contributed by atoms with van der Waals surface area (Å²) < 4.78 is 7.62. The number of likely N-dealkylation sites (N-methyl/N-ethyl adjacent to an activating group) is 1. The van der Waals surface area contributed by atoms with Crippen LogP contribution in [-0.2, 0) is 13.1 Å². The van der Waals surface area contributed by atoms with Crippen LogP contribution in [-0.4, -0.2) is 91.6 Å². The van der Waals surface area contributed by atoms with E-state index in [1.807, 2.05) is 16.9 Å². The van der Waals surface area contributed by atoms with Crippen LogP contribution in [0.25, 0.3) is 11.0 Å². The third-order valence-electron chi connectivity index (χ3n) is 7.49. The summed E-state index contributed by atoms with van der Waals surface area (Å²) in [6.45, 7) is 5.75. The fraction of sp³-hybridized carbons (Fsp3) is 0.600. The second-order valence-corrected chi connectivity index (χ2v) is 10.0. The number of fused-ring (bicyclic) bond motifs is 3. The Morgan fingerprint density at radius 1 is 1.19 bits per heavy atom. The molecule has 2 bridgehead atoms. The maximum atomic E-state index is 9.49. The Balaban J connectivity index is 1.38. The highest BCUT2D eigenvalue weighted by molar-refractivity contribution is 5.86. The standard InChI is InChI=1S/C25H37N9O2/c1-4-5-17(6-7-35)29-24-23-21(30-25(26)31-24)11-28-34(23)12-16-10-27-18(8-22(16)36-3)13-33-15-19-9-20(33)14-32(19)2/h8,10-11,17,19-20,35H,4-7,9,12-15H2,1-3H3,(H3,26,29,30,31)/t17?,19-,20-/m1/s1. The van der Waals surface area contributed by atoms with Crippen LogP contribution in [0.15, 0.2) is 18.5 Å². The quantitative estimate of drug-likeness (QED) is 0.361. The Bertz CT molecular complexity index is 1190. The highest BCUT2D eigenvalue weighted by atomic mass is 16.5. The van der Waals surface area contributed by atoms with Crippen molar-refractivity contribution in [2.75, 3.05) is 44.9 Å². The molecule has 1 unspecified atom stereocenters. The van der Waals surface area contributed by atoms with Gasteiger partial charge in [-0.2, -0.15) is 10.1 Å². The van der Waals surface area contributed by atoms with Gasteiger partial charge in [-0.25, -0.2) is 4.98 Å². The molecule has 36 heavy (non-hydrogen) atoms. The van der Waals surface area contributed by atoms with Crippen molar-refractivity contribution in [1.82, 2.24) is 34.5 Å². The average Bonchev–Trinajstić information content (AvgIpc) is 3.54. The van der Waals surface area contributed by atoms with Gasteiger partial charge < -0.3 is 25.8 Å². The van der Waals surface area contributed by atoms with Gasteiger partial charge in [0.25, 0.3) is 0 Å². The number of piperazine rings is 1. The first-order valence-electron chi connectivity index (χ1n) is 12.8. The van der Waals surface area contributed by atoms with E-state index in [2.05, 4.69) is 44.2 Å². The number of aliphatic hydroxyl groups excluding tert-OH is 1. The number of nitrogen functional groups attached to an aromatic ring is 1. The number of methoxy groups -OCH3 is 1. The highest BCUT2D eigenvalue weighted by Gasteiger charge is 2.41. The van der Waals surface area contributed by atoms with E-state index in [0.717, 1.165) is 55.0 Å². The number of pyridine rings is 1. The van der Waals surface area contributed by atoms with E-state index >= 15 is 0 Å². The van der Waals surface area contributed by atoms with Crippen molar-refractivity contribution in [3.63, 3.8) is 0 Å². The summed E-state index contributed by atoms with van der Waals surface area (Å²) in [5.41, 5.74) is 9.37. The summed E-state index contributed by atoms with van der Waals surface area (Å²) in [4.78, 5) is 18.6. The van der Waals surface area contributed by atoms with Crippen LogP contribution < -0.4 is 15.8 Å². The molecule has 2 saturated heterocycles. The second kappa shape index (κ2) is 10.5. The summed E-state index contributed by atoms with van der Waals surface area (Å²) in [5.74, 6) is 1.61. The minimum atomic E-state index is 0.0805. The number of nitrogens with two attached hydrogens (primary N) is 1. The molecule has 5 heterocycles. The van der Waals surface area contributed by atoms with Gasteiger partial charge in [-0.3, -0.25) is 14.6 Å². The average molecular weight is 496 g/mol. The molecule has 11 nitrogen and oxygen atoms in total. The lowest BCUT2D eigenvalue weighted by atomic mass is 10.1. The summed E-state index contributed by atoms with van der Waals surface area (Å²) in [7, 11) is 3.91. The topological polar surface area (TPSA) is 130 Å². The maximum absolute atomic E-state index is 9.49. The molecular weight excluding hydrogens is 458 g/mol. The summed E-state index contributed by atoms with van der Waals surface area (Å²) in [6, 6.07) is 3.40. The van der Waals surface area contributed by atoms with Crippen LogP contribution in [0.2, 0.25) is 0 Å². The van der Waals surface area contributed by atoms with Crippen LogP contribution in [0.3, 0.4) is 0 Å². The number of rotatable bonds is 11. The molecular formula is C25H37N9O2. The van der Waals surface area contributed by atoms with Crippen molar-refractivity contribution in [1.29, 1.82) is 0 Å². The lowest BCUT2D eigenvalue weighted by Gasteiger charge is -2.31. The lowest BCUT2D eigenvalue weighted by molar-refractivity contribution is 0.142. The number of hydrogen-bond donors (Lipinski definition) is 3. The van der Waals surface area contributed by atoms with Crippen molar-refractivity contribution in [3.05, 3.63) is 29.7 Å². The Hall–Kier alpha value is -3.02. The minimum absolute atomic E-state index is 0.0805. The summed E-state index contributed by atoms with van der Waals surface area (Å²) >= 11 is 0. The van der Waals surface area contributed by atoms with Gasteiger partial charge in [0, 0.05) is 62.2 Å². The predicted octanol–water partition coefficient (Wildman–Crippen LogP) is 1.71. The van der Waals surface area contributed by atoms with Gasteiger partial charge in [-0.05, 0) is 26.3 Å². The van der Waals surface area contributed by atoms with Crippen LogP contribution in [0.4, 0.5) is 11.8 Å². The molecule has 194 valence electrons. The molecule has 3 aromatic heterocycles. The van der Waals surface area contributed by atoms with E-state index in [4.69, 9.17) is 15.5 Å². The molecule has 0 radical (unpaired) electrons. The maximum Gasteiger partial charge on any atom is 0.222 e. The van der Waals surface area contributed by atoms with Gasteiger partial charge in [-0.1, -0.05) is 13.3 Å². The summed E-state index contributed by atoms with van der Waals surface area (Å²) in [6.07, 6.45) is 7.37.